The smallest absolute Gasteiger partial charge is 0.184 e. The zero-order chi connectivity index (χ0) is 14.1. The van der Waals surface area contributed by atoms with E-state index in [1.54, 1.807) is 12.1 Å². The molecule has 98 valence electrons. The molecule has 0 aliphatic heterocycles. The first kappa shape index (κ1) is 13.2. The molecular weight excluding hydrogens is 386 g/mol. The molecule has 4 nitrogen and oxygen atoms in total. The molecule has 0 amide bonds. The van der Waals surface area contributed by atoms with E-state index in [4.69, 9.17) is 4.42 Å². The van der Waals surface area contributed by atoms with Gasteiger partial charge in [-0.2, -0.15) is 5.26 Å². The number of aromatic nitrogens is 2. The average molecular weight is 393 g/mol. The Hall–Kier alpha value is -1.84. The van der Waals surface area contributed by atoms with Crippen LogP contribution in [0.5, 0.6) is 0 Å². The summed E-state index contributed by atoms with van der Waals surface area (Å²) in [6, 6.07) is 11.5. The first-order valence-electron chi connectivity index (χ1n) is 5.69. The Bertz CT molecular complexity index is 802. The van der Waals surface area contributed by atoms with E-state index in [1.807, 2.05) is 24.3 Å². The lowest BCUT2D eigenvalue weighted by atomic mass is 10.2. The Kier molecular flexibility index (Phi) is 3.47. The molecule has 0 unspecified atom stereocenters. The van der Waals surface area contributed by atoms with Gasteiger partial charge in [-0.15, -0.1) is 0 Å². The van der Waals surface area contributed by atoms with E-state index in [2.05, 4.69) is 47.9 Å². The summed E-state index contributed by atoms with van der Waals surface area (Å²) in [5, 5.41) is 9.30. The molecular formula is C14H7Br2N3O. The third-order valence-electron chi connectivity index (χ3n) is 2.72. The van der Waals surface area contributed by atoms with Crippen molar-refractivity contribution >= 4 is 54.5 Å². The number of furan rings is 1. The van der Waals surface area contributed by atoms with Crippen molar-refractivity contribution in [3.8, 4) is 6.07 Å². The molecule has 0 spiro atoms. The van der Waals surface area contributed by atoms with Crippen molar-refractivity contribution < 1.29 is 4.42 Å². The van der Waals surface area contributed by atoms with Gasteiger partial charge in [0.1, 0.15) is 17.7 Å². The monoisotopic (exact) mass is 391 g/mol. The van der Waals surface area contributed by atoms with Gasteiger partial charge in [-0.25, -0.2) is 4.98 Å². The van der Waals surface area contributed by atoms with E-state index in [0.29, 0.717) is 21.8 Å². The van der Waals surface area contributed by atoms with Gasteiger partial charge >= 0.3 is 0 Å². The quantitative estimate of drug-likeness (QED) is 0.640. The zero-order valence-electron chi connectivity index (χ0n) is 10.0. The van der Waals surface area contributed by atoms with Crippen molar-refractivity contribution in [2.75, 3.05) is 0 Å². The van der Waals surface area contributed by atoms with Crippen molar-refractivity contribution in [3.63, 3.8) is 0 Å². The maximum absolute atomic E-state index is 9.30. The van der Waals surface area contributed by atoms with Gasteiger partial charge in [0.25, 0.3) is 0 Å². The molecule has 0 saturated heterocycles. The minimum absolute atomic E-state index is 0.412. The fourth-order valence-electron chi connectivity index (χ4n) is 1.81. The summed E-state index contributed by atoms with van der Waals surface area (Å²) in [5.41, 5.74) is 2.13. The predicted octanol–water partition coefficient (Wildman–Crippen LogP) is 4.75. The number of allylic oxidation sites excluding steroid dienone is 1. The van der Waals surface area contributed by atoms with Crippen LogP contribution in [0.15, 0.2) is 43.9 Å². The molecule has 0 fully saturated rings. The molecule has 2 aromatic heterocycles. The van der Waals surface area contributed by atoms with Crippen molar-refractivity contribution in [1.29, 1.82) is 5.26 Å². The van der Waals surface area contributed by atoms with Gasteiger partial charge in [0.15, 0.2) is 4.67 Å². The molecule has 6 heteroatoms. The second-order valence-electron chi connectivity index (χ2n) is 4.04. The molecule has 0 radical (unpaired) electrons. The van der Waals surface area contributed by atoms with Gasteiger partial charge in [-0.1, -0.05) is 12.1 Å². The lowest BCUT2D eigenvalue weighted by Gasteiger charge is -1.91. The number of H-pyrrole nitrogens is 1. The first-order chi connectivity index (χ1) is 9.67. The number of aromatic amines is 1. The van der Waals surface area contributed by atoms with E-state index in [9.17, 15) is 5.26 Å². The summed E-state index contributed by atoms with van der Waals surface area (Å²) in [5.74, 6) is 1.10. The number of rotatable bonds is 2. The fourth-order valence-corrected chi connectivity index (χ4v) is 2.42. The maximum atomic E-state index is 9.30. The molecule has 1 aromatic carbocycles. The third kappa shape index (κ3) is 2.42. The lowest BCUT2D eigenvalue weighted by Crippen LogP contribution is -1.83. The van der Waals surface area contributed by atoms with E-state index in [-0.39, 0.29) is 0 Å². The van der Waals surface area contributed by atoms with Gasteiger partial charge in [0.2, 0.25) is 0 Å². The van der Waals surface area contributed by atoms with Crippen molar-refractivity contribution in [2.24, 2.45) is 0 Å². The normalized spacial score (nSPS) is 11.8. The van der Waals surface area contributed by atoms with Gasteiger partial charge in [0, 0.05) is 6.08 Å². The Morgan fingerprint density at radius 2 is 2.15 bits per heavy atom. The summed E-state index contributed by atoms with van der Waals surface area (Å²) in [4.78, 5) is 7.52. The van der Waals surface area contributed by atoms with Crippen LogP contribution in [-0.4, -0.2) is 9.97 Å². The number of hydrogen-bond acceptors (Lipinski definition) is 3. The predicted molar refractivity (Wildman–Crippen MR) is 83.7 cm³/mol. The average Bonchev–Trinajstić information content (AvgIpc) is 3.00. The minimum atomic E-state index is 0.412. The van der Waals surface area contributed by atoms with Crippen LogP contribution in [0.4, 0.5) is 0 Å². The van der Waals surface area contributed by atoms with E-state index in [1.165, 1.54) is 0 Å². The van der Waals surface area contributed by atoms with E-state index < -0.39 is 0 Å². The number of halogens is 2. The summed E-state index contributed by atoms with van der Waals surface area (Å²) in [6.45, 7) is 0. The molecule has 2 heterocycles. The highest BCUT2D eigenvalue weighted by atomic mass is 79.9. The molecule has 0 saturated carbocycles. The van der Waals surface area contributed by atoms with Crippen molar-refractivity contribution in [1.82, 2.24) is 9.97 Å². The number of imidazole rings is 1. The highest BCUT2D eigenvalue weighted by Gasteiger charge is 2.10. The summed E-state index contributed by atoms with van der Waals surface area (Å²) in [7, 11) is 0. The van der Waals surface area contributed by atoms with E-state index in [0.717, 1.165) is 15.5 Å². The molecule has 0 aliphatic rings. The molecule has 1 N–H and O–H groups in total. The number of nitrogens with zero attached hydrogens (tertiary/aromatic N) is 2. The van der Waals surface area contributed by atoms with Crippen LogP contribution in [0.2, 0.25) is 0 Å². The van der Waals surface area contributed by atoms with Crippen LogP contribution in [0.3, 0.4) is 0 Å². The largest absolute Gasteiger partial charge is 0.449 e. The van der Waals surface area contributed by atoms with Crippen molar-refractivity contribution in [2.45, 2.75) is 0 Å². The van der Waals surface area contributed by atoms with E-state index >= 15 is 0 Å². The number of para-hydroxylation sites is 2. The lowest BCUT2D eigenvalue weighted by molar-refractivity contribution is 0.530. The van der Waals surface area contributed by atoms with Crippen LogP contribution in [-0.2, 0) is 0 Å². The Morgan fingerprint density at radius 1 is 1.35 bits per heavy atom. The highest BCUT2D eigenvalue weighted by Crippen LogP contribution is 2.29. The summed E-state index contributed by atoms with van der Waals surface area (Å²) >= 11 is 6.60. The standard InChI is InChI=1S/C14H7Br2N3O/c15-10-6-9(20-13(10)16)5-8(7-17)14-18-11-3-1-2-4-12(11)19-14/h1-6H,(H,18,19)/b8-5-. The molecule has 20 heavy (non-hydrogen) atoms. The fraction of sp³-hybridized carbons (Fsp3) is 0. The number of benzene rings is 1. The van der Waals surface area contributed by atoms with Crippen LogP contribution in [0.1, 0.15) is 11.6 Å². The molecule has 3 aromatic rings. The van der Waals surface area contributed by atoms with Gasteiger partial charge in [-0.3, -0.25) is 0 Å². The highest BCUT2D eigenvalue weighted by molar-refractivity contribution is 9.13. The number of hydrogen-bond donors (Lipinski definition) is 1. The maximum Gasteiger partial charge on any atom is 0.184 e. The molecule has 0 atom stereocenters. The number of fused-ring (bicyclic) bond motifs is 1. The molecule has 0 bridgehead atoms. The molecule has 3 rings (SSSR count). The molecule has 0 aliphatic carbocycles. The summed E-state index contributed by atoms with van der Waals surface area (Å²) in [6.07, 6.45) is 1.65. The second-order valence-corrected chi connectivity index (χ2v) is 5.62. The van der Waals surface area contributed by atoms with Crippen LogP contribution >= 0.6 is 31.9 Å². The van der Waals surface area contributed by atoms with Gasteiger partial charge in [-0.05, 0) is 50.1 Å². The van der Waals surface area contributed by atoms with Gasteiger partial charge in [0.05, 0.1) is 21.1 Å². The summed E-state index contributed by atoms with van der Waals surface area (Å²) < 4.78 is 6.83. The zero-order valence-corrected chi connectivity index (χ0v) is 13.2. The Morgan fingerprint density at radius 3 is 2.80 bits per heavy atom. The third-order valence-corrected chi connectivity index (χ3v) is 4.43. The van der Waals surface area contributed by atoms with Crippen LogP contribution < -0.4 is 0 Å². The Balaban J connectivity index is 2.07. The van der Waals surface area contributed by atoms with Crippen LogP contribution in [0, 0.1) is 11.3 Å². The van der Waals surface area contributed by atoms with Crippen LogP contribution in [0.25, 0.3) is 22.7 Å². The minimum Gasteiger partial charge on any atom is -0.449 e. The van der Waals surface area contributed by atoms with Crippen molar-refractivity contribution in [3.05, 3.63) is 51.1 Å². The van der Waals surface area contributed by atoms with Gasteiger partial charge < -0.3 is 9.40 Å². The second kappa shape index (κ2) is 5.27. The topological polar surface area (TPSA) is 65.6 Å². The number of nitriles is 1. The first-order valence-corrected chi connectivity index (χ1v) is 7.28. The number of nitrogens with one attached hydrogen (secondary N) is 1. The SMILES string of the molecule is N#C/C(=C/c1cc(Br)c(Br)o1)c1nc2ccccc2[nH]1. The Labute approximate surface area is 131 Å².